The normalized spacial score (nSPS) is 27.5. The Balaban J connectivity index is 1.35. The maximum Gasteiger partial charge on any atom is 0.262 e. The van der Waals surface area contributed by atoms with Gasteiger partial charge in [0.25, 0.3) is 11.8 Å². The number of carbonyl (C=O) groups is 4. The third kappa shape index (κ3) is 3.63. The highest BCUT2D eigenvalue weighted by Gasteiger charge is 2.44. The maximum atomic E-state index is 13.1. The minimum absolute atomic E-state index is 0.126. The molecule has 5 rings (SSSR count). The number of hydrogen-bond acceptors (Lipinski definition) is 6. The van der Waals surface area contributed by atoms with Crippen molar-refractivity contribution in [2.24, 2.45) is 11.8 Å². The first-order valence-electron chi connectivity index (χ1n) is 11.3. The molecule has 1 aromatic carbocycles. The van der Waals surface area contributed by atoms with E-state index in [2.05, 4.69) is 15.5 Å². The molecule has 31 heavy (non-hydrogen) atoms. The molecule has 2 unspecified atom stereocenters. The zero-order valence-corrected chi connectivity index (χ0v) is 17.6. The van der Waals surface area contributed by atoms with Crippen LogP contribution in [0.5, 0.6) is 0 Å². The molecule has 4 aliphatic heterocycles. The Morgan fingerprint density at radius 1 is 0.871 bits per heavy atom. The van der Waals surface area contributed by atoms with Crippen molar-refractivity contribution >= 4 is 29.3 Å². The van der Waals surface area contributed by atoms with Gasteiger partial charge in [0.1, 0.15) is 6.04 Å². The van der Waals surface area contributed by atoms with Crippen LogP contribution in [-0.4, -0.2) is 60.7 Å². The van der Waals surface area contributed by atoms with Crippen molar-refractivity contribution < 1.29 is 19.2 Å². The molecule has 0 bridgehead atoms. The molecule has 0 saturated carbocycles. The van der Waals surface area contributed by atoms with Gasteiger partial charge in [0.05, 0.1) is 11.1 Å². The smallest absolute Gasteiger partial charge is 0.262 e. The number of amides is 4. The average Bonchev–Trinajstić information content (AvgIpc) is 3.04. The molecule has 4 aliphatic rings. The minimum Gasteiger partial charge on any atom is -0.371 e. The number of nitrogens with zero attached hydrogens (tertiary/aromatic N) is 2. The van der Waals surface area contributed by atoms with Gasteiger partial charge in [0, 0.05) is 25.2 Å². The molecule has 2 atom stereocenters. The summed E-state index contributed by atoms with van der Waals surface area (Å²) in [6, 6.07) is 4.52. The van der Waals surface area contributed by atoms with Crippen molar-refractivity contribution in [3.05, 3.63) is 29.3 Å². The molecule has 8 heteroatoms. The quantitative estimate of drug-likeness (QED) is 0.710. The number of anilines is 1. The van der Waals surface area contributed by atoms with E-state index in [4.69, 9.17) is 0 Å². The lowest BCUT2D eigenvalue weighted by Crippen LogP contribution is -2.54. The third-order valence-electron chi connectivity index (χ3n) is 7.30. The molecule has 0 radical (unpaired) electrons. The molecule has 0 aliphatic carbocycles. The van der Waals surface area contributed by atoms with E-state index < -0.39 is 23.8 Å². The van der Waals surface area contributed by atoms with Gasteiger partial charge >= 0.3 is 0 Å². The molecule has 0 spiro atoms. The number of fused-ring (bicyclic) bond motifs is 1. The van der Waals surface area contributed by atoms with Crippen molar-refractivity contribution in [3.8, 4) is 0 Å². The van der Waals surface area contributed by atoms with Crippen LogP contribution in [0.1, 0.15) is 59.2 Å². The van der Waals surface area contributed by atoms with Crippen LogP contribution >= 0.6 is 0 Å². The first kappa shape index (κ1) is 20.2. The largest absolute Gasteiger partial charge is 0.371 e. The number of piperidine rings is 3. The van der Waals surface area contributed by atoms with Crippen molar-refractivity contribution in [3.63, 3.8) is 0 Å². The summed E-state index contributed by atoms with van der Waals surface area (Å²) in [4.78, 5) is 53.1. The lowest BCUT2D eigenvalue weighted by molar-refractivity contribution is -0.136. The highest BCUT2D eigenvalue weighted by molar-refractivity contribution is 6.23. The topological polar surface area (TPSA) is 98.8 Å². The molecule has 164 valence electrons. The predicted octanol–water partition coefficient (Wildman–Crippen LogP) is 1.30. The SMILES string of the molecule is O=C1CCC(N2C(=O)c3ccc(N4CCCC(C5CCNCC5)C4)cc3C2=O)C(=O)N1. The summed E-state index contributed by atoms with van der Waals surface area (Å²) in [6.07, 6.45) is 5.11. The van der Waals surface area contributed by atoms with E-state index in [1.54, 1.807) is 6.07 Å². The molecule has 3 fully saturated rings. The summed E-state index contributed by atoms with van der Waals surface area (Å²) >= 11 is 0. The van der Waals surface area contributed by atoms with Crippen LogP contribution in [0, 0.1) is 11.8 Å². The highest BCUT2D eigenvalue weighted by Crippen LogP contribution is 2.35. The van der Waals surface area contributed by atoms with Crippen LogP contribution < -0.4 is 15.5 Å². The standard InChI is InChI=1S/C23H28N4O4/c28-20-6-5-19(21(29)25-20)27-22(30)17-4-3-16(12-18(17)23(27)31)26-11-1-2-15(13-26)14-7-9-24-10-8-14/h3-4,12,14-15,19,24H,1-2,5-11,13H2,(H,25,28,29). The van der Waals surface area contributed by atoms with Gasteiger partial charge < -0.3 is 10.2 Å². The Bertz CT molecular complexity index is 940. The molecule has 8 nitrogen and oxygen atoms in total. The van der Waals surface area contributed by atoms with Crippen LogP contribution in [0.25, 0.3) is 0 Å². The number of imide groups is 2. The van der Waals surface area contributed by atoms with Gasteiger partial charge in [-0.15, -0.1) is 0 Å². The van der Waals surface area contributed by atoms with Crippen LogP contribution in [-0.2, 0) is 9.59 Å². The van der Waals surface area contributed by atoms with E-state index in [-0.39, 0.29) is 18.7 Å². The Morgan fingerprint density at radius 2 is 1.65 bits per heavy atom. The van der Waals surface area contributed by atoms with E-state index in [1.807, 2.05) is 12.1 Å². The van der Waals surface area contributed by atoms with Crippen molar-refractivity contribution in [2.45, 2.75) is 44.6 Å². The summed E-state index contributed by atoms with van der Waals surface area (Å²) in [7, 11) is 0. The van der Waals surface area contributed by atoms with Crippen molar-refractivity contribution in [1.29, 1.82) is 0 Å². The first-order valence-corrected chi connectivity index (χ1v) is 11.3. The second kappa shape index (κ2) is 8.07. The fourth-order valence-corrected chi connectivity index (χ4v) is 5.60. The lowest BCUT2D eigenvalue weighted by atomic mass is 9.80. The Kier molecular flexibility index (Phi) is 5.25. The van der Waals surface area contributed by atoms with Gasteiger partial charge in [0.2, 0.25) is 11.8 Å². The third-order valence-corrected chi connectivity index (χ3v) is 7.30. The number of hydrogen-bond donors (Lipinski definition) is 2. The van der Waals surface area contributed by atoms with E-state index >= 15 is 0 Å². The van der Waals surface area contributed by atoms with E-state index in [0.717, 1.165) is 49.1 Å². The molecule has 0 aromatic heterocycles. The molecule has 4 amide bonds. The Morgan fingerprint density at radius 3 is 2.42 bits per heavy atom. The second-order valence-corrected chi connectivity index (χ2v) is 9.11. The van der Waals surface area contributed by atoms with Crippen LogP contribution in [0.4, 0.5) is 5.69 Å². The molecular formula is C23H28N4O4. The van der Waals surface area contributed by atoms with Gasteiger partial charge in [0.15, 0.2) is 0 Å². The van der Waals surface area contributed by atoms with Gasteiger partial charge in [-0.1, -0.05) is 0 Å². The zero-order chi connectivity index (χ0) is 21.5. The lowest BCUT2D eigenvalue weighted by Gasteiger charge is -2.39. The fourth-order valence-electron chi connectivity index (χ4n) is 5.60. The minimum atomic E-state index is -0.923. The summed E-state index contributed by atoms with van der Waals surface area (Å²) < 4.78 is 0. The predicted molar refractivity (Wildman–Crippen MR) is 114 cm³/mol. The maximum absolute atomic E-state index is 13.1. The molecule has 2 N–H and O–H groups in total. The van der Waals surface area contributed by atoms with Gasteiger partial charge in [-0.3, -0.25) is 29.4 Å². The fraction of sp³-hybridized carbons (Fsp3) is 0.565. The molecular weight excluding hydrogens is 396 g/mol. The zero-order valence-electron chi connectivity index (χ0n) is 17.6. The van der Waals surface area contributed by atoms with Gasteiger partial charge in [-0.05, 0) is 75.2 Å². The van der Waals surface area contributed by atoms with Gasteiger partial charge in [-0.25, -0.2) is 0 Å². The van der Waals surface area contributed by atoms with E-state index in [1.165, 1.54) is 19.3 Å². The van der Waals surface area contributed by atoms with Crippen LogP contribution in [0.3, 0.4) is 0 Å². The average molecular weight is 425 g/mol. The number of carbonyl (C=O) groups excluding carboxylic acids is 4. The second-order valence-electron chi connectivity index (χ2n) is 9.11. The summed E-state index contributed by atoms with van der Waals surface area (Å²) in [5.74, 6) is -0.443. The van der Waals surface area contributed by atoms with Crippen molar-refractivity contribution in [1.82, 2.24) is 15.5 Å². The number of rotatable bonds is 3. The Labute approximate surface area is 181 Å². The van der Waals surface area contributed by atoms with E-state index in [0.29, 0.717) is 17.0 Å². The molecule has 4 heterocycles. The first-order chi connectivity index (χ1) is 15.0. The van der Waals surface area contributed by atoms with E-state index in [9.17, 15) is 19.2 Å². The molecule has 3 saturated heterocycles. The number of benzene rings is 1. The van der Waals surface area contributed by atoms with Gasteiger partial charge in [-0.2, -0.15) is 0 Å². The molecule has 1 aromatic rings. The van der Waals surface area contributed by atoms with Crippen molar-refractivity contribution in [2.75, 3.05) is 31.1 Å². The van der Waals surface area contributed by atoms with Crippen LogP contribution in [0.2, 0.25) is 0 Å². The van der Waals surface area contributed by atoms with Crippen LogP contribution in [0.15, 0.2) is 18.2 Å². The summed E-state index contributed by atoms with van der Waals surface area (Å²) in [5.41, 5.74) is 1.66. The number of nitrogens with one attached hydrogen (secondary N) is 2. The summed E-state index contributed by atoms with van der Waals surface area (Å²) in [5, 5.41) is 5.67. The Hall–Kier alpha value is -2.74. The highest BCUT2D eigenvalue weighted by atomic mass is 16.2. The summed E-state index contributed by atoms with van der Waals surface area (Å²) in [6.45, 7) is 4.10. The monoisotopic (exact) mass is 424 g/mol.